The summed E-state index contributed by atoms with van der Waals surface area (Å²) in [4.78, 5) is 33.8. The van der Waals surface area contributed by atoms with E-state index in [9.17, 15) is 19.5 Å². The van der Waals surface area contributed by atoms with Gasteiger partial charge in [-0.3, -0.25) is 9.59 Å². The van der Waals surface area contributed by atoms with Crippen molar-refractivity contribution in [3.63, 3.8) is 0 Å². The molecule has 1 aromatic carbocycles. The van der Waals surface area contributed by atoms with Gasteiger partial charge in [-0.15, -0.1) is 0 Å². The number of phenolic OH excluding ortho intramolecular Hbond substituents is 1. The number of esters is 1. The summed E-state index contributed by atoms with van der Waals surface area (Å²) >= 11 is 0. The van der Waals surface area contributed by atoms with Gasteiger partial charge in [-0.05, 0) is 25.1 Å². The van der Waals surface area contributed by atoms with E-state index in [4.69, 9.17) is 0 Å². The highest BCUT2D eigenvalue weighted by atomic mass is 16.5. The Balaban J connectivity index is 2.81. The Morgan fingerprint density at radius 1 is 1.30 bits per heavy atom. The lowest BCUT2D eigenvalue weighted by Gasteiger charge is -2.14. The van der Waals surface area contributed by atoms with Crippen molar-refractivity contribution in [3.8, 4) is 5.75 Å². The fourth-order valence-corrected chi connectivity index (χ4v) is 1.49. The first-order valence-electron chi connectivity index (χ1n) is 5.84. The van der Waals surface area contributed by atoms with E-state index in [2.05, 4.69) is 15.4 Å². The topological polar surface area (TPSA) is 105 Å². The molecule has 108 valence electrons. The molecule has 0 heterocycles. The number of methoxy groups -OCH3 is 1. The second-order valence-electron chi connectivity index (χ2n) is 4.13. The molecule has 0 bridgehead atoms. The van der Waals surface area contributed by atoms with Gasteiger partial charge in [-0.1, -0.05) is 0 Å². The Morgan fingerprint density at radius 2 is 1.95 bits per heavy atom. The average molecular weight is 280 g/mol. The zero-order chi connectivity index (χ0) is 15.3. The Labute approximate surface area is 115 Å². The number of carbonyl (C=O) groups excluding carboxylic acids is 3. The number of benzene rings is 1. The number of anilines is 1. The van der Waals surface area contributed by atoms with E-state index < -0.39 is 17.9 Å². The molecular formula is C13H16N2O5. The number of phenols is 1. The Hall–Kier alpha value is -2.57. The summed E-state index contributed by atoms with van der Waals surface area (Å²) in [5, 5.41) is 14.6. The monoisotopic (exact) mass is 280 g/mol. The summed E-state index contributed by atoms with van der Waals surface area (Å²) in [6.07, 6.45) is 0. The SMILES string of the molecule is COC(=O)c1ccc(NC(=O)C(C)NC(C)=O)c(O)c1. The van der Waals surface area contributed by atoms with Crippen molar-refractivity contribution in [1.82, 2.24) is 5.32 Å². The van der Waals surface area contributed by atoms with E-state index in [1.807, 2.05) is 0 Å². The lowest BCUT2D eigenvalue weighted by Crippen LogP contribution is -2.40. The van der Waals surface area contributed by atoms with Crippen LogP contribution in [-0.2, 0) is 14.3 Å². The molecule has 0 aliphatic rings. The summed E-state index contributed by atoms with van der Waals surface area (Å²) < 4.78 is 4.51. The van der Waals surface area contributed by atoms with Crippen molar-refractivity contribution in [1.29, 1.82) is 0 Å². The maximum Gasteiger partial charge on any atom is 0.337 e. The number of aromatic hydroxyl groups is 1. The van der Waals surface area contributed by atoms with Crippen LogP contribution in [-0.4, -0.2) is 36.0 Å². The molecule has 1 rings (SSSR count). The molecule has 7 heteroatoms. The van der Waals surface area contributed by atoms with Crippen LogP contribution < -0.4 is 10.6 Å². The van der Waals surface area contributed by atoms with E-state index in [1.165, 1.54) is 39.2 Å². The first kappa shape index (κ1) is 15.5. The first-order valence-corrected chi connectivity index (χ1v) is 5.84. The highest BCUT2D eigenvalue weighted by Crippen LogP contribution is 2.24. The molecule has 1 unspecified atom stereocenters. The molecule has 1 atom stereocenters. The number of carbonyl (C=O) groups is 3. The number of ether oxygens (including phenoxy) is 1. The van der Waals surface area contributed by atoms with Crippen molar-refractivity contribution in [2.24, 2.45) is 0 Å². The minimum atomic E-state index is -0.743. The lowest BCUT2D eigenvalue weighted by atomic mass is 10.2. The van der Waals surface area contributed by atoms with E-state index in [0.29, 0.717) is 0 Å². The largest absolute Gasteiger partial charge is 0.506 e. The second-order valence-corrected chi connectivity index (χ2v) is 4.13. The zero-order valence-electron chi connectivity index (χ0n) is 11.4. The molecule has 0 radical (unpaired) electrons. The molecule has 0 aromatic heterocycles. The molecule has 7 nitrogen and oxygen atoms in total. The molecule has 3 N–H and O–H groups in total. The number of hydrogen-bond acceptors (Lipinski definition) is 5. The molecule has 0 aliphatic heterocycles. The van der Waals surface area contributed by atoms with Gasteiger partial charge in [0.1, 0.15) is 11.8 Å². The molecule has 1 aromatic rings. The Morgan fingerprint density at radius 3 is 2.45 bits per heavy atom. The normalized spacial score (nSPS) is 11.3. The van der Waals surface area contributed by atoms with Gasteiger partial charge in [0, 0.05) is 6.92 Å². The summed E-state index contributed by atoms with van der Waals surface area (Å²) in [5.41, 5.74) is 0.303. The summed E-state index contributed by atoms with van der Waals surface area (Å²) in [7, 11) is 1.23. The van der Waals surface area contributed by atoms with Crippen molar-refractivity contribution < 1.29 is 24.2 Å². The number of nitrogens with one attached hydrogen (secondary N) is 2. The third-order valence-corrected chi connectivity index (χ3v) is 2.49. The van der Waals surface area contributed by atoms with Crippen LogP contribution in [0.2, 0.25) is 0 Å². The van der Waals surface area contributed by atoms with Gasteiger partial charge in [-0.2, -0.15) is 0 Å². The zero-order valence-corrected chi connectivity index (χ0v) is 11.4. The summed E-state index contributed by atoms with van der Waals surface area (Å²) in [6.45, 7) is 2.81. The molecular weight excluding hydrogens is 264 g/mol. The van der Waals surface area contributed by atoms with Crippen LogP contribution in [0.15, 0.2) is 18.2 Å². The Bertz CT molecular complexity index is 542. The van der Waals surface area contributed by atoms with Crippen LogP contribution in [0, 0.1) is 0 Å². The molecule has 0 aliphatic carbocycles. The molecule has 0 spiro atoms. The van der Waals surface area contributed by atoms with E-state index in [0.717, 1.165) is 0 Å². The average Bonchev–Trinajstić information content (AvgIpc) is 2.39. The number of rotatable bonds is 4. The van der Waals surface area contributed by atoms with E-state index >= 15 is 0 Å². The van der Waals surface area contributed by atoms with E-state index in [1.54, 1.807) is 0 Å². The standard InChI is InChI=1S/C13H16N2O5/c1-7(14-8(2)16)12(18)15-10-5-4-9(6-11(10)17)13(19)20-3/h4-7,17H,1-3H3,(H,14,16)(H,15,18). The quantitative estimate of drug-likeness (QED) is 0.554. The predicted octanol–water partition coefficient (Wildman–Crippen LogP) is 0.642. The van der Waals surface area contributed by atoms with Crippen LogP contribution in [0.4, 0.5) is 5.69 Å². The third-order valence-electron chi connectivity index (χ3n) is 2.49. The van der Waals surface area contributed by atoms with Crippen molar-refractivity contribution in [3.05, 3.63) is 23.8 Å². The molecule has 0 fully saturated rings. The van der Waals surface area contributed by atoms with Gasteiger partial charge >= 0.3 is 5.97 Å². The van der Waals surface area contributed by atoms with Gasteiger partial charge in [0.15, 0.2) is 0 Å². The minimum Gasteiger partial charge on any atom is -0.506 e. The molecule has 0 saturated carbocycles. The minimum absolute atomic E-state index is 0.139. The maximum absolute atomic E-state index is 11.7. The van der Waals surface area contributed by atoms with Crippen molar-refractivity contribution in [2.75, 3.05) is 12.4 Å². The number of amides is 2. The third kappa shape index (κ3) is 3.98. The summed E-state index contributed by atoms with van der Waals surface area (Å²) in [5.74, 6) is -1.68. The second kappa shape index (κ2) is 6.55. The van der Waals surface area contributed by atoms with E-state index in [-0.39, 0.29) is 22.9 Å². The molecule has 2 amide bonds. The Kier molecular flexibility index (Phi) is 5.08. The number of hydrogen-bond donors (Lipinski definition) is 3. The summed E-state index contributed by atoms with van der Waals surface area (Å²) in [6, 6.07) is 3.22. The predicted molar refractivity (Wildman–Crippen MR) is 71.4 cm³/mol. The fraction of sp³-hybridized carbons (Fsp3) is 0.308. The van der Waals surface area contributed by atoms with Crippen LogP contribution >= 0.6 is 0 Å². The van der Waals surface area contributed by atoms with Crippen LogP contribution in [0.1, 0.15) is 24.2 Å². The van der Waals surface area contributed by atoms with Crippen molar-refractivity contribution in [2.45, 2.75) is 19.9 Å². The highest BCUT2D eigenvalue weighted by molar-refractivity contribution is 5.98. The fourth-order valence-electron chi connectivity index (χ4n) is 1.49. The van der Waals surface area contributed by atoms with Crippen LogP contribution in [0.3, 0.4) is 0 Å². The van der Waals surface area contributed by atoms with Crippen LogP contribution in [0.25, 0.3) is 0 Å². The smallest absolute Gasteiger partial charge is 0.337 e. The highest BCUT2D eigenvalue weighted by Gasteiger charge is 2.16. The van der Waals surface area contributed by atoms with Gasteiger partial charge in [-0.25, -0.2) is 4.79 Å². The van der Waals surface area contributed by atoms with Crippen LogP contribution in [0.5, 0.6) is 5.75 Å². The first-order chi connectivity index (χ1) is 9.35. The molecule has 20 heavy (non-hydrogen) atoms. The maximum atomic E-state index is 11.7. The lowest BCUT2D eigenvalue weighted by molar-refractivity contribution is -0.124. The van der Waals surface area contributed by atoms with Gasteiger partial charge in [0.25, 0.3) is 0 Å². The van der Waals surface area contributed by atoms with Gasteiger partial charge in [0.05, 0.1) is 18.4 Å². The molecule has 0 saturated heterocycles. The van der Waals surface area contributed by atoms with Gasteiger partial charge in [0.2, 0.25) is 11.8 Å². The van der Waals surface area contributed by atoms with Gasteiger partial charge < -0.3 is 20.5 Å². The van der Waals surface area contributed by atoms with Crippen molar-refractivity contribution >= 4 is 23.5 Å².